The van der Waals surface area contributed by atoms with Crippen LogP contribution in [0.25, 0.3) is 11.1 Å². The lowest BCUT2D eigenvalue weighted by Gasteiger charge is -2.12. The van der Waals surface area contributed by atoms with Gasteiger partial charge in [0.15, 0.2) is 5.96 Å². The summed E-state index contributed by atoms with van der Waals surface area (Å²) < 4.78 is 16.4. The van der Waals surface area contributed by atoms with Crippen LogP contribution in [-0.4, -0.2) is 52.6 Å². The first-order valence-electron chi connectivity index (χ1n) is 10.7. The smallest absolute Gasteiger partial charge is 0.191 e. The number of rotatable bonds is 11. The number of methoxy groups -OCH3 is 1. The van der Waals surface area contributed by atoms with Crippen LogP contribution in [0, 0.1) is 5.92 Å². The van der Waals surface area contributed by atoms with Crippen LogP contribution in [0.4, 0.5) is 0 Å². The number of nitrogens with one attached hydrogen (secondary N) is 2. The van der Waals surface area contributed by atoms with Crippen molar-refractivity contribution in [2.75, 3.05) is 46.6 Å². The number of thiophene rings is 1. The summed E-state index contributed by atoms with van der Waals surface area (Å²) in [6.07, 6.45) is 2.08. The van der Waals surface area contributed by atoms with Crippen LogP contribution in [0.2, 0.25) is 0 Å². The minimum absolute atomic E-state index is 0.574. The molecule has 2 N–H and O–H groups in total. The number of aliphatic imine (C=N–C) groups is 1. The molecule has 1 aliphatic heterocycles. The lowest BCUT2D eigenvalue weighted by molar-refractivity contribution is 0.0888. The van der Waals surface area contributed by atoms with Crippen LogP contribution in [0.1, 0.15) is 24.6 Å². The second-order valence-corrected chi connectivity index (χ2v) is 8.31. The summed E-state index contributed by atoms with van der Waals surface area (Å²) in [5, 5.41) is 8.89. The van der Waals surface area contributed by atoms with Gasteiger partial charge in [-0.05, 0) is 54.5 Å². The summed E-state index contributed by atoms with van der Waals surface area (Å²) in [5.41, 5.74) is 2.41. The highest BCUT2D eigenvalue weighted by atomic mass is 32.1. The molecular formula is C23H33N3O3S. The molecule has 1 aliphatic rings. The quantitative estimate of drug-likeness (QED) is 0.321. The Morgan fingerprint density at radius 3 is 2.83 bits per heavy atom. The van der Waals surface area contributed by atoms with E-state index in [0.29, 0.717) is 12.5 Å². The van der Waals surface area contributed by atoms with Gasteiger partial charge in [0.1, 0.15) is 5.75 Å². The first-order valence-corrected chi connectivity index (χ1v) is 11.6. The maximum atomic E-state index is 5.76. The molecular weight excluding hydrogens is 398 g/mol. The molecule has 1 aromatic carbocycles. The third-order valence-corrected chi connectivity index (χ3v) is 5.87. The van der Waals surface area contributed by atoms with Gasteiger partial charge in [-0.2, -0.15) is 0 Å². The Morgan fingerprint density at radius 2 is 2.10 bits per heavy atom. The number of guanidine groups is 1. The van der Waals surface area contributed by atoms with Gasteiger partial charge in [-0.15, -0.1) is 11.3 Å². The molecule has 1 atom stereocenters. The van der Waals surface area contributed by atoms with Crippen LogP contribution in [0.15, 0.2) is 40.7 Å². The lowest BCUT2D eigenvalue weighted by atomic mass is 10.1. The molecule has 30 heavy (non-hydrogen) atoms. The third-order valence-electron chi connectivity index (χ3n) is 4.95. The van der Waals surface area contributed by atoms with Crippen molar-refractivity contribution in [3.63, 3.8) is 0 Å². The van der Waals surface area contributed by atoms with E-state index in [1.54, 1.807) is 18.4 Å². The Kier molecular flexibility index (Phi) is 9.47. The van der Waals surface area contributed by atoms with Gasteiger partial charge in [0.05, 0.1) is 26.9 Å². The fourth-order valence-corrected chi connectivity index (χ4v) is 4.06. The molecule has 2 aromatic rings. The van der Waals surface area contributed by atoms with E-state index in [0.717, 1.165) is 64.1 Å². The van der Waals surface area contributed by atoms with E-state index in [-0.39, 0.29) is 0 Å². The molecule has 164 valence electrons. The first kappa shape index (κ1) is 22.6. The van der Waals surface area contributed by atoms with Crippen molar-refractivity contribution < 1.29 is 14.2 Å². The molecule has 7 heteroatoms. The summed E-state index contributed by atoms with van der Waals surface area (Å²) in [5.74, 6) is 2.30. The highest BCUT2D eigenvalue weighted by molar-refractivity contribution is 7.10. The summed E-state index contributed by atoms with van der Waals surface area (Å²) >= 11 is 1.74. The summed E-state index contributed by atoms with van der Waals surface area (Å²) in [7, 11) is 1.69. The lowest BCUT2D eigenvalue weighted by Crippen LogP contribution is -2.38. The molecule has 1 unspecified atom stereocenters. The second kappa shape index (κ2) is 12.6. The number of ether oxygens (including phenoxy) is 3. The molecule has 2 heterocycles. The monoisotopic (exact) mass is 431 g/mol. The van der Waals surface area contributed by atoms with E-state index in [1.807, 2.05) is 12.1 Å². The minimum Gasteiger partial charge on any atom is -0.497 e. The Balaban J connectivity index is 1.41. The maximum Gasteiger partial charge on any atom is 0.191 e. The van der Waals surface area contributed by atoms with Gasteiger partial charge in [0.2, 0.25) is 0 Å². The van der Waals surface area contributed by atoms with E-state index < -0.39 is 0 Å². The highest BCUT2D eigenvalue weighted by Crippen LogP contribution is 2.27. The zero-order valence-corrected chi connectivity index (χ0v) is 18.8. The summed E-state index contributed by atoms with van der Waals surface area (Å²) in [6, 6.07) is 10.4. The molecule has 0 aliphatic carbocycles. The van der Waals surface area contributed by atoms with Gasteiger partial charge in [-0.3, -0.25) is 0 Å². The largest absolute Gasteiger partial charge is 0.497 e. The molecule has 1 fully saturated rings. The molecule has 1 aromatic heterocycles. The van der Waals surface area contributed by atoms with Crippen LogP contribution in [0.3, 0.4) is 0 Å². The fraction of sp³-hybridized carbons (Fsp3) is 0.522. The van der Waals surface area contributed by atoms with Crippen molar-refractivity contribution in [3.8, 4) is 16.9 Å². The average Bonchev–Trinajstić information content (AvgIpc) is 3.46. The van der Waals surface area contributed by atoms with Crippen LogP contribution < -0.4 is 15.4 Å². The normalized spacial score (nSPS) is 16.6. The molecule has 0 saturated carbocycles. The van der Waals surface area contributed by atoms with Crippen molar-refractivity contribution in [2.45, 2.75) is 26.3 Å². The number of nitrogens with zero attached hydrogens (tertiary/aromatic N) is 1. The van der Waals surface area contributed by atoms with Crippen molar-refractivity contribution in [1.82, 2.24) is 10.6 Å². The second-order valence-electron chi connectivity index (χ2n) is 7.31. The zero-order chi connectivity index (χ0) is 21.0. The van der Waals surface area contributed by atoms with Gasteiger partial charge in [0.25, 0.3) is 0 Å². The Labute approximate surface area is 183 Å². The van der Waals surface area contributed by atoms with Gasteiger partial charge < -0.3 is 24.8 Å². The van der Waals surface area contributed by atoms with Crippen molar-refractivity contribution in [2.24, 2.45) is 10.9 Å². The molecule has 0 amide bonds. The van der Waals surface area contributed by atoms with Gasteiger partial charge in [0, 0.05) is 37.1 Å². The van der Waals surface area contributed by atoms with Gasteiger partial charge in [-0.1, -0.05) is 12.1 Å². The molecule has 1 saturated heterocycles. The Bertz CT molecular complexity index is 770. The summed E-state index contributed by atoms with van der Waals surface area (Å²) in [6.45, 7) is 7.72. The Morgan fingerprint density at radius 1 is 1.23 bits per heavy atom. The standard InChI is InChI=1S/C23H33N3O3S/c1-3-24-23(25-10-4-11-28-15-18-9-12-29-16-18)26-14-22-13-20(17-30-22)19-5-7-21(27-2)8-6-19/h5-8,13,17-18H,3-4,9-12,14-16H2,1-2H3,(H2,24,25,26). The zero-order valence-electron chi connectivity index (χ0n) is 18.0. The fourth-order valence-electron chi connectivity index (χ4n) is 3.24. The van der Waals surface area contributed by atoms with Crippen molar-refractivity contribution in [3.05, 3.63) is 40.6 Å². The molecule has 3 rings (SSSR count). The van der Waals surface area contributed by atoms with Crippen molar-refractivity contribution in [1.29, 1.82) is 0 Å². The molecule has 6 nitrogen and oxygen atoms in total. The number of hydrogen-bond donors (Lipinski definition) is 2. The highest BCUT2D eigenvalue weighted by Gasteiger charge is 2.15. The van der Waals surface area contributed by atoms with Crippen LogP contribution >= 0.6 is 11.3 Å². The predicted molar refractivity (Wildman–Crippen MR) is 123 cm³/mol. The van der Waals surface area contributed by atoms with Crippen LogP contribution in [-0.2, 0) is 16.0 Å². The number of hydrogen-bond acceptors (Lipinski definition) is 5. The van der Waals surface area contributed by atoms with Gasteiger partial charge in [-0.25, -0.2) is 4.99 Å². The molecule has 0 radical (unpaired) electrons. The number of benzene rings is 1. The minimum atomic E-state index is 0.574. The maximum absolute atomic E-state index is 5.76. The van der Waals surface area contributed by atoms with Crippen LogP contribution in [0.5, 0.6) is 5.75 Å². The third kappa shape index (κ3) is 7.31. The molecule has 0 bridgehead atoms. The Hall–Kier alpha value is -2.09. The SMILES string of the molecule is CCNC(=NCc1cc(-c2ccc(OC)cc2)cs1)NCCCOCC1CCOC1. The predicted octanol–water partition coefficient (Wildman–Crippen LogP) is 3.92. The molecule has 0 spiro atoms. The first-order chi connectivity index (χ1) is 14.8. The van der Waals surface area contributed by atoms with E-state index >= 15 is 0 Å². The topological polar surface area (TPSA) is 64.1 Å². The van der Waals surface area contributed by atoms with E-state index in [4.69, 9.17) is 19.2 Å². The summed E-state index contributed by atoms with van der Waals surface area (Å²) in [4.78, 5) is 5.96. The van der Waals surface area contributed by atoms with E-state index in [1.165, 1.54) is 16.0 Å². The van der Waals surface area contributed by atoms with E-state index in [9.17, 15) is 0 Å². The van der Waals surface area contributed by atoms with E-state index in [2.05, 4.69) is 41.1 Å². The average molecular weight is 432 g/mol. The van der Waals surface area contributed by atoms with Crippen molar-refractivity contribution >= 4 is 17.3 Å². The van der Waals surface area contributed by atoms with Gasteiger partial charge >= 0.3 is 0 Å².